The zero-order chi connectivity index (χ0) is 17.5. The Bertz CT molecular complexity index is 684. The van der Waals surface area contributed by atoms with Gasteiger partial charge in [-0.05, 0) is 25.0 Å². The topological polar surface area (TPSA) is 72.0 Å². The number of ether oxygens (including phenoxy) is 1. The summed E-state index contributed by atoms with van der Waals surface area (Å²) >= 11 is 8.05. The molecule has 1 spiro atoms. The fraction of sp³-hybridized carbons (Fsp3) is 0.647. The van der Waals surface area contributed by atoms with E-state index in [-0.39, 0.29) is 23.1 Å². The van der Waals surface area contributed by atoms with Gasteiger partial charge in [-0.3, -0.25) is 4.99 Å². The van der Waals surface area contributed by atoms with E-state index < -0.39 is 0 Å². The zero-order valence-corrected chi connectivity index (χ0v) is 16.2. The number of rotatable bonds is 2. The highest BCUT2D eigenvalue weighted by molar-refractivity contribution is 7.16. The van der Waals surface area contributed by atoms with Gasteiger partial charge >= 0.3 is 0 Å². The van der Waals surface area contributed by atoms with Crippen molar-refractivity contribution in [3.8, 4) is 0 Å². The summed E-state index contributed by atoms with van der Waals surface area (Å²) in [5.41, 5.74) is 1.62. The van der Waals surface area contributed by atoms with Crippen molar-refractivity contribution in [1.82, 2.24) is 5.32 Å². The Labute approximate surface area is 152 Å². The summed E-state index contributed by atoms with van der Waals surface area (Å²) in [4.78, 5) is 5.41. The Hall–Kier alpha value is -0.950. The van der Waals surface area contributed by atoms with Gasteiger partial charge in [-0.25, -0.2) is 0 Å². The van der Waals surface area contributed by atoms with Gasteiger partial charge in [0.2, 0.25) is 0 Å². The molecule has 5 nitrogen and oxygen atoms in total. The number of hydrazone groups is 1. The molecule has 0 saturated carbocycles. The van der Waals surface area contributed by atoms with Gasteiger partial charge in [0.1, 0.15) is 0 Å². The Kier molecular flexibility index (Phi) is 4.77. The first-order chi connectivity index (χ1) is 11.3. The van der Waals surface area contributed by atoms with Crippen molar-refractivity contribution in [2.75, 3.05) is 13.7 Å². The Balaban J connectivity index is 2.03. The first-order valence-corrected chi connectivity index (χ1v) is 9.41. The van der Waals surface area contributed by atoms with E-state index >= 15 is 0 Å². The van der Waals surface area contributed by atoms with Gasteiger partial charge in [0.05, 0.1) is 28.3 Å². The molecular weight excluding hydrogens is 344 g/mol. The van der Waals surface area contributed by atoms with Crippen LogP contribution in [-0.2, 0) is 15.8 Å². The number of thiophene rings is 1. The highest BCUT2D eigenvalue weighted by Gasteiger charge is 2.50. The van der Waals surface area contributed by atoms with Gasteiger partial charge in [0, 0.05) is 36.0 Å². The molecule has 1 aromatic heterocycles. The first kappa shape index (κ1) is 17.9. The van der Waals surface area contributed by atoms with Crippen molar-refractivity contribution in [3.63, 3.8) is 0 Å². The van der Waals surface area contributed by atoms with Crippen molar-refractivity contribution < 1.29 is 4.74 Å². The molecule has 1 fully saturated rings. The van der Waals surface area contributed by atoms with E-state index in [2.05, 4.69) is 42.2 Å². The van der Waals surface area contributed by atoms with Gasteiger partial charge in [-0.1, -0.05) is 25.4 Å². The molecule has 0 radical (unpaired) electrons. The number of halogens is 1. The lowest BCUT2D eigenvalue weighted by molar-refractivity contribution is -0.111. The van der Waals surface area contributed by atoms with E-state index in [9.17, 15) is 0 Å². The summed E-state index contributed by atoms with van der Waals surface area (Å²) in [5, 5.41) is 7.50. The normalized spacial score (nSPS) is 33.1. The molecule has 24 heavy (non-hydrogen) atoms. The number of nitrogens with zero attached hydrogens (tertiary/aromatic N) is 2. The third-order valence-corrected chi connectivity index (χ3v) is 6.57. The molecule has 3 heterocycles. The van der Waals surface area contributed by atoms with Gasteiger partial charge < -0.3 is 15.9 Å². The fourth-order valence-corrected chi connectivity index (χ4v) is 5.31. The molecule has 3 atom stereocenters. The van der Waals surface area contributed by atoms with E-state index in [1.807, 2.05) is 0 Å². The minimum absolute atomic E-state index is 0.00943. The fourth-order valence-electron chi connectivity index (χ4n) is 3.91. The van der Waals surface area contributed by atoms with Crippen LogP contribution in [0.3, 0.4) is 0 Å². The average Bonchev–Trinajstić information content (AvgIpc) is 2.93. The van der Waals surface area contributed by atoms with Crippen LogP contribution < -0.4 is 11.2 Å². The number of hydrogen-bond donors (Lipinski definition) is 2. The van der Waals surface area contributed by atoms with Crippen molar-refractivity contribution in [2.45, 2.75) is 56.7 Å². The minimum Gasteiger partial charge on any atom is -0.369 e. The lowest BCUT2D eigenvalue weighted by Gasteiger charge is -2.49. The van der Waals surface area contributed by atoms with Crippen molar-refractivity contribution in [3.05, 3.63) is 20.8 Å². The van der Waals surface area contributed by atoms with Crippen LogP contribution in [-0.4, -0.2) is 37.7 Å². The molecule has 0 bridgehead atoms. The molecule has 7 heteroatoms. The smallest absolute Gasteiger partial charge is 0.0976 e. The van der Waals surface area contributed by atoms with Crippen LogP contribution in [0.1, 0.15) is 44.1 Å². The predicted molar refractivity (Wildman–Crippen MR) is 102 cm³/mol. The van der Waals surface area contributed by atoms with E-state index in [1.165, 1.54) is 10.4 Å². The zero-order valence-electron chi connectivity index (χ0n) is 14.6. The molecule has 2 aliphatic heterocycles. The number of nitrogens with one attached hydrogen (secondary N) is 1. The summed E-state index contributed by atoms with van der Waals surface area (Å²) in [6.07, 6.45) is 3.40. The summed E-state index contributed by atoms with van der Waals surface area (Å²) in [5.74, 6) is 5.59. The van der Waals surface area contributed by atoms with Crippen LogP contribution in [0.15, 0.2) is 16.2 Å². The van der Waals surface area contributed by atoms with Gasteiger partial charge in [-0.2, -0.15) is 5.10 Å². The Morgan fingerprint density at radius 3 is 2.92 bits per heavy atom. The first-order valence-electron chi connectivity index (χ1n) is 8.21. The SMILES string of the molecule is CN=C/C(=N\N)[C@@H]1C[C@]2(C[C@H](C)N1)OCC(C)(C)c1sc(Cl)cc12. The van der Waals surface area contributed by atoms with Crippen molar-refractivity contribution in [2.24, 2.45) is 15.9 Å². The average molecular weight is 369 g/mol. The lowest BCUT2D eigenvalue weighted by atomic mass is 9.72. The molecule has 0 unspecified atom stereocenters. The maximum absolute atomic E-state index is 6.50. The lowest BCUT2D eigenvalue weighted by Crippen LogP contribution is -2.57. The Morgan fingerprint density at radius 2 is 2.25 bits per heavy atom. The highest BCUT2D eigenvalue weighted by atomic mass is 35.5. The van der Waals surface area contributed by atoms with Crippen LogP contribution in [0.5, 0.6) is 0 Å². The molecule has 132 valence electrons. The third kappa shape index (κ3) is 3.01. The summed E-state index contributed by atoms with van der Waals surface area (Å²) in [6, 6.07) is 2.37. The molecule has 0 amide bonds. The van der Waals surface area contributed by atoms with Crippen LogP contribution in [0, 0.1) is 0 Å². The molecule has 1 aromatic rings. The summed E-state index contributed by atoms with van der Waals surface area (Å²) < 4.78 is 7.33. The molecule has 0 aromatic carbocycles. The van der Waals surface area contributed by atoms with E-state index in [0.717, 1.165) is 22.9 Å². The van der Waals surface area contributed by atoms with Gasteiger partial charge in [0.25, 0.3) is 0 Å². The van der Waals surface area contributed by atoms with Gasteiger partial charge in [-0.15, -0.1) is 11.3 Å². The molecule has 2 aliphatic rings. The second-order valence-corrected chi connectivity index (χ2v) is 9.11. The minimum atomic E-state index is -0.346. The number of hydrogen-bond acceptors (Lipinski definition) is 6. The molecule has 3 rings (SSSR count). The van der Waals surface area contributed by atoms with Crippen LogP contribution in [0.2, 0.25) is 4.34 Å². The monoisotopic (exact) mass is 368 g/mol. The van der Waals surface area contributed by atoms with Gasteiger partial charge in [0.15, 0.2) is 0 Å². The summed E-state index contributed by atoms with van der Waals surface area (Å²) in [6.45, 7) is 7.28. The Morgan fingerprint density at radius 1 is 1.50 bits per heavy atom. The van der Waals surface area contributed by atoms with E-state index in [0.29, 0.717) is 6.61 Å². The number of nitrogens with two attached hydrogens (primary N) is 1. The third-order valence-electron chi connectivity index (χ3n) is 4.94. The number of piperidine rings is 1. The second-order valence-electron chi connectivity index (χ2n) is 7.43. The maximum atomic E-state index is 6.50. The molecule has 0 aliphatic carbocycles. The summed E-state index contributed by atoms with van der Waals surface area (Å²) in [7, 11) is 1.73. The standard InChI is InChI=1S/C17H25ClN4OS/c1-10-6-17(7-12(21-10)13(22-19)8-20-4)11-5-14(18)24-15(11)16(2,3)9-23-17/h5,8,10,12,21H,6-7,9,19H2,1-4H3/b20-8?,22-13+/t10-,12-,17-/m0/s1. The maximum Gasteiger partial charge on any atom is 0.0976 e. The number of aliphatic imine (C=N–C) groups is 1. The number of fused-ring (bicyclic) bond motifs is 2. The van der Waals surface area contributed by atoms with Crippen LogP contribution >= 0.6 is 22.9 Å². The molecule has 3 N–H and O–H groups in total. The quantitative estimate of drug-likeness (QED) is 0.478. The predicted octanol–water partition coefficient (Wildman–Crippen LogP) is 3.06. The van der Waals surface area contributed by atoms with Crippen molar-refractivity contribution >= 4 is 34.9 Å². The second kappa shape index (κ2) is 6.41. The van der Waals surface area contributed by atoms with Crippen LogP contribution in [0.4, 0.5) is 0 Å². The van der Waals surface area contributed by atoms with E-state index in [4.69, 9.17) is 22.2 Å². The highest BCUT2D eigenvalue weighted by Crippen LogP contribution is 2.51. The largest absolute Gasteiger partial charge is 0.369 e. The van der Waals surface area contributed by atoms with Crippen molar-refractivity contribution in [1.29, 1.82) is 0 Å². The molecule has 1 saturated heterocycles. The molecular formula is C17H25ClN4OS. The van der Waals surface area contributed by atoms with E-state index in [1.54, 1.807) is 24.6 Å². The van der Waals surface area contributed by atoms with Crippen LogP contribution in [0.25, 0.3) is 0 Å².